The number of carbonyl (C=O) groups is 1. The van der Waals surface area contributed by atoms with Crippen molar-refractivity contribution in [3.05, 3.63) is 16.3 Å². The molecule has 1 N–H and O–H groups in total. The molecule has 1 aliphatic heterocycles. The minimum Gasteiger partial charge on any atom is -0.495 e. The van der Waals surface area contributed by atoms with Crippen LogP contribution in [-0.2, 0) is 0 Å². The summed E-state index contributed by atoms with van der Waals surface area (Å²) in [7, 11) is 1.61. The molecular weight excluding hydrogens is 248 g/mol. The summed E-state index contributed by atoms with van der Waals surface area (Å²) >= 11 is 1.45. The Labute approximate surface area is 112 Å². The number of nitrogens with one attached hydrogen (secondary N) is 1. The van der Waals surface area contributed by atoms with E-state index >= 15 is 0 Å². The summed E-state index contributed by atoms with van der Waals surface area (Å²) < 4.78 is 5.24. The van der Waals surface area contributed by atoms with E-state index in [-0.39, 0.29) is 5.91 Å². The van der Waals surface area contributed by atoms with Crippen LogP contribution in [0.2, 0.25) is 0 Å². The van der Waals surface area contributed by atoms with E-state index in [9.17, 15) is 4.79 Å². The Morgan fingerprint density at radius 1 is 1.67 bits per heavy atom. The van der Waals surface area contributed by atoms with Gasteiger partial charge in [-0.1, -0.05) is 0 Å². The van der Waals surface area contributed by atoms with Gasteiger partial charge >= 0.3 is 0 Å². The third-order valence-electron chi connectivity index (χ3n) is 3.36. The summed E-state index contributed by atoms with van der Waals surface area (Å²) in [5.74, 6) is 0.783. The smallest absolute Gasteiger partial charge is 0.268 e. The van der Waals surface area contributed by atoms with Crippen LogP contribution in [0, 0.1) is 0 Å². The Hall–Kier alpha value is -1.07. The van der Waals surface area contributed by atoms with Gasteiger partial charge in [0.1, 0.15) is 10.6 Å². The number of likely N-dealkylation sites (N-methyl/N-ethyl adjacent to an activating group) is 1. The first-order chi connectivity index (χ1) is 8.77. The number of thiophene rings is 1. The molecule has 5 heteroatoms. The van der Waals surface area contributed by atoms with Crippen LogP contribution in [0.4, 0.5) is 0 Å². The Morgan fingerprint density at radius 3 is 3.11 bits per heavy atom. The predicted octanol–water partition coefficient (Wildman–Crippen LogP) is 1.97. The lowest BCUT2D eigenvalue weighted by molar-refractivity contribution is 0.0664. The molecular formula is C13H20N2O2S. The standard InChI is InChI=1S/C13H20N2O2S/c1-3-15(10-5-4-7-14-9-10)13(16)12-11(17-2)6-8-18-12/h6,8,10,14H,3-5,7,9H2,1-2H3. The first-order valence-corrected chi connectivity index (χ1v) is 7.29. The average molecular weight is 268 g/mol. The van der Waals surface area contributed by atoms with Crippen molar-refractivity contribution >= 4 is 17.2 Å². The third kappa shape index (κ3) is 2.67. The van der Waals surface area contributed by atoms with Gasteiger partial charge in [0.2, 0.25) is 0 Å². The zero-order valence-electron chi connectivity index (χ0n) is 10.9. The van der Waals surface area contributed by atoms with Crippen LogP contribution in [0.25, 0.3) is 0 Å². The van der Waals surface area contributed by atoms with Crippen molar-refractivity contribution in [1.82, 2.24) is 10.2 Å². The number of rotatable bonds is 4. The molecule has 18 heavy (non-hydrogen) atoms. The highest BCUT2D eigenvalue weighted by Gasteiger charge is 2.27. The number of nitrogens with zero attached hydrogens (tertiary/aromatic N) is 1. The van der Waals surface area contributed by atoms with E-state index in [4.69, 9.17) is 4.74 Å². The van der Waals surface area contributed by atoms with E-state index in [1.165, 1.54) is 11.3 Å². The maximum absolute atomic E-state index is 12.5. The molecule has 1 unspecified atom stereocenters. The summed E-state index contributed by atoms with van der Waals surface area (Å²) in [5.41, 5.74) is 0. The maximum Gasteiger partial charge on any atom is 0.268 e. The molecule has 0 spiro atoms. The normalized spacial score (nSPS) is 19.6. The highest BCUT2D eigenvalue weighted by molar-refractivity contribution is 7.12. The van der Waals surface area contributed by atoms with Crippen LogP contribution >= 0.6 is 11.3 Å². The molecule has 100 valence electrons. The Bertz CT molecular complexity index is 399. The molecule has 2 heterocycles. The molecule has 4 nitrogen and oxygen atoms in total. The van der Waals surface area contributed by atoms with Crippen LogP contribution in [0.15, 0.2) is 11.4 Å². The van der Waals surface area contributed by atoms with Gasteiger partial charge in [-0.2, -0.15) is 0 Å². The van der Waals surface area contributed by atoms with Crippen LogP contribution < -0.4 is 10.1 Å². The number of hydrogen-bond acceptors (Lipinski definition) is 4. The molecule has 1 aliphatic rings. The second-order valence-electron chi connectivity index (χ2n) is 4.41. The molecule has 1 aromatic rings. The van der Waals surface area contributed by atoms with Crippen LogP contribution in [0.3, 0.4) is 0 Å². The summed E-state index contributed by atoms with van der Waals surface area (Å²) in [6.07, 6.45) is 2.22. The van der Waals surface area contributed by atoms with Crippen molar-refractivity contribution in [2.45, 2.75) is 25.8 Å². The number of methoxy groups -OCH3 is 1. The van der Waals surface area contributed by atoms with Crippen molar-refractivity contribution in [3.8, 4) is 5.75 Å². The number of piperidine rings is 1. The Balaban J connectivity index is 2.14. The van der Waals surface area contributed by atoms with E-state index < -0.39 is 0 Å². The minimum absolute atomic E-state index is 0.0954. The molecule has 0 bridgehead atoms. The van der Waals surface area contributed by atoms with Crippen molar-refractivity contribution < 1.29 is 9.53 Å². The van der Waals surface area contributed by atoms with Gasteiger partial charge in [0.15, 0.2) is 0 Å². The highest BCUT2D eigenvalue weighted by atomic mass is 32.1. The van der Waals surface area contributed by atoms with Gasteiger partial charge in [-0.25, -0.2) is 0 Å². The molecule has 0 aliphatic carbocycles. The summed E-state index contributed by atoms with van der Waals surface area (Å²) in [6, 6.07) is 2.16. The summed E-state index contributed by atoms with van der Waals surface area (Å²) in [5, 5.41) is 5.26. The zero-order valence-corrected chi connectivity index (χ0v) is 11.8. The highest BCUT2D eigenvalue weighted by Crippen LogP contribution is 2.27. The van der Waals surface area contributed by atoms with Crippen molar-refractivity contribution in [2.24, 2.45) is 0 Å². The SMILES string of the molecule is CCN(C(=O)c1sccc1OC)C1CCCNC1. The van der Waals surface area contributed by atoms with Gasteiger partial charge < -0.3 is 15.0 Å². The van der Waals surface area contributed by atoms with E-state index in [1.54, 1.807) is 7.11 Å². The molecule has 0 radical (unpaired) electrons. The van der Waals surface area contributed by atoms with Gasteiger partial charge in [-0.3, -0.25) is 4.79 Å². The molecule has 0 saturated carbocycles. The molecule has 1 amide bonds. The number of ether oxygens (including phenoxy) is 1. The molecule has 0 aromatic carbocycles. The van der Waals surface area contributed by atoms with Gasteiger partial charge in [0.05, 0.1) is 7.11 Å². The first kappa shape index (κ1) is 13.4. The first-order valence-electron chi connectivity index (χ1n) is 6.41. The number of carbonyl (C=O) groups excluding carboxylic acids is 1. The minimum atomic E-state index is 0.0954. The lowest BCUT2D eigenvalue weighted by atomic mass is 10.1. The van der Waals surface area contributed by atoms with Gasteiger partial charge in [-0.15, -0.1) is 11.3 Å². The number of amides is 1. The van der Waals surface area contributed by atoms with Crippen LogP contribution in [-0.4, -0.2) is 43.6 Å². The maximum atomic E-state index is 12.5. The van der Waals surface area contributed by atoms with Gasteiger partial charge in [-0.05, 0) is 37.8 Å². The topological polar surface area (TPSA) is 41.6 Å². The molecule has 1 aromatic heterocycles. The molecule has 2 rings (SSSR count). The lowest BCUT2D eigenvalue weighted by Gasteiger charge is -2.33. The predicted molar refractivity (Wildman–Crippen MR) is 73.5 cm³/mol. The second-order valence-corrected chi connectivity index (χ2v) is 5.33. The van der Waals surface area contributed by atoms with Gasteiger partial charge in [0, 0.05) is 19.1 Å². The second kappa shape index (κ2) is 6.20. The molecule has 1 saturated heterocycles. The summed E-state index contributed by atoms with van der Waals surface area (Å²) in [6.45, 7) is 4.73. The quantitative estimate of drug-likeness (QED) is 0.908. The Morgan fingerprint density at radius 2 is 2.50 bits per heavy atom. The summed E-state index contributed by atoms with van der Waals surface area (Å²) in [4.78, 5) is 15.2. The van der Waals surface area contributed by atoms with E-state index in [0.29, 0.717) is 16.7 Å². The van der Waals surface area contributed by atoms with Gasteiger partial charge in [0.25, 0.3) is 5.91 Å². The fourth-order valence-corrected chi connectivity index (χ4v) is 3.22. The van der Waals surface area contributed by atoms with Crippen molar-refractivity contribution in [3.63, 3.8) is 0 Å². The average Bonchev–Trinajstić information content (AvgIpc) is 2.89. The van der Waals surface area contributed by atoms with Crippen molar-refractivity contribution in [1.29, 1.82) is 0 Å². The fourth-order valence-electron chi connectivity index (χ4n) is 2.41. The van der Waals surface area contributed by atoms with Crippen molar-refractivity contribution in [2.75, 3.05) is 26.7 Å². The van der Waals surface area contributed by atoms with E-state index in [0.717, 1.165) is 32.5 Å². The molecule has 1 atom stereocenters. The van der Waals surface area contributed by atoms with E-state index in [2.05, 4.69) is 5.32 Å². The molecule has 1 fully saturated rings. The monoisotopic (exact) mass is 268 g/mol. The Kier molecular flexibility index (Phi) is 4.60. The zero-order chi connectivity index (χ0) is 13.0. The number of hydrogen-bond donors (Lipinski definition) is 1. The lowest BCUT2D eigenvalue weighted by Crippen LogP contribution is -2.48. The van der Waals surface area contributed by atoms with E-state index in [1.807, 2.05) is 23.3 Å². The third-order valence-corrected chi connectivity index (χ3v) is 4.24. The van der Waals surface area contributed by atoms with Crippen LogP contribution in [0.1, 0.15) is 29.4 Å². The largest absolute Gasteiger partial charge is 0.495 e. The van der Waals surface area contributed by atoms with Crippen LogP contribution in [0.5, 0.6) is 5.75 Å². The fraction of sp³-hybridized carbons (Fsp3) is 0.615.